The number of hydrogen-bond acceptors (Lipinski definition) is 2. The maximum absolute atomic E-state index is 2.59. The van der Waals surface area contributed by atoms with Crippen LogP contribution < -0.4 is 26.2 Å². The van der Waals surface area contributed by atoms with E-state index < -0.39 is 0 Å². The Hall–Kier alpha value is -3.98. The largest absolute Gasteiger partial charge is 0.333 e. The third kappa shape index (κ3) is 2.99. The SMILES string of the molecule is Cc1ccc(N2c3ccc(C)cc3B3c4ccccc4N(C4(C)C=CC=CC4)c4cccc2c43)cc1. The fraction of sp³-hybridized carbons (Fsp3) is 0.152. The lowest BCUT2D eigenvalue weighted by molar-refractivity contribution is 0.571. The Labute approximate surface area is 214 Å². The van der Waals surface area contributed by atoms with Crippen molar-refractivity contribution in [2.75, 3.05) is 9.80 Å². The zero-order chi connectivity index (χ0) is 24.4. The summed E-state index contributed by atoms with van der Waals surface area (Å²) in [5, 5.41) is 0. The van der Waals surface area contributed by atoms with Crippen LogP contribution in [0.5, 0.6) is 0 Å². The highest BCUT2D eigenvalue weighted by Crippen LogP contribution is 2.44. The van der Waals surface area contributed by atoms with Crippen molar-refractivity contribution < 1.29 is 0 Å². The predicted octanol–water partition coefficient (Wildman–Crippen LogP) is 6.33. The molecule has 1 atom stereocenters. The Morgan fingerprint density at radius 2 is 1.44 bits per heavy atom. The van der Waals surface area contributed by atoms with E-state index in [4.69, 9.17) is 0 Å². The molecule has 2 nitrogen and oxygen atoms in total. The van der Waals surface area contributed by atoms with Crippen LogP contribution in [0.4, 0.5) is 28.4 Å². The predicted molar refractivity (Wildman–Crippen MR) is 155 cm³/mol. The maximum Gasteiger partial charge on any atom is 0.252 e. The fourth-order valence-electron chi connectivity index (χ4n) is 6.41. The smallest absolute Gasteiger partial charge is 0.252 e. The van der Waals surface area contributed by atoms with Crippen LogP contribution in [-0.4, -0.2) is 12.3 Å². The van der Waals surface area contributed by atoms with Crippen LogP contribution in [0.15, 0.2) is 109 Å². The van der Waals surface area contributed by atoms with Crippen LogP contribution in [0.3, 0.4) is 0 Å². The zero-order valence-electron chi connectivity index (χ0n) is 21.1. The molecule has 7 rings (SSSR count). The molecule has 0 bridgehead atoms. The summed E-state index contributed by atoms with van der Waals surface area (Å²) in [6, 6.07) is 31.8. The van der Waals surface area contributed by atoms with Crippen molar-refractivity contribution >= 4 is 51.5 Å². The second kappa shape index (κ2) is 7.76. The van der Waals surface area contributed by atoms with E-state index in [1.54, 1.807) is 0 Å². The first-order valence-corrected chi connectivity index (χ1v) is 12.9. The average Bonchev–Trinajstić information content (AvgIpc) is 2.89. The summed E-state index contributed by atoms with van der Waals surface area (Å²) >= 11 is 0. The molecule has 0 fully saturated rings. The lowest BCUT2D eigenvalue weighted by Crippen LogP contribution is -2.64. The first-order chi connectivity index (χ1) is 17.5. The average molecular weight is 464 g/mol. The van der Waals surface area contributed by atoms with E-state index in [1.165, 1.54) is 56.0 Å². The number of rotatable bonds is 2. The molecule has 0 saturated carbocycles. The highest BCUT2D eigenvalue weighted by Gasteiger charge is 2.45. The quantitative estimate of drug-likeness (QED) is 0.282. The molecule has 0 radical (unpaired) electrons. The van der Waals surface area contributed by atoms with E-state index in [-0.39, 0.29) is 12.3 Å². The normalized spacial score (nSPS) is 19.1. The van der Waals surface area contributed by atoms with Gasteiger partial charge in [-0.25, -0.2) is 0 Å². The second-order valence-electron chi connectivity index (χ2n) is 10.6. The third-order valence-corrected chi connectivity index (χ3v) is 8.09. The first-order valence-electron chi connectivity index (χ1n) is 12.9. The van der Waals surface area contributed by atoms with Crippen molar-refractivity contribution in [3.63, 3.8) is 0 Å². The van der Waals surface area contributed by atoms with Gasteiger partial charge in [0.05, 0.1) is 5.54 Å². The molecule has 0 saturated heterocycles. The highest BCUT2D eigenvalue weighted by molar-refractivity contribution is 7.00. The maximum atomic E-state index is 2.59. The van der Waals surface area contributed by atoms with Gasteiger partial charge in [-0.1, -0.05) is 84.0 Å². The standard InChI is InChI=1S/C33H29BN2/c1-23-14-17-25(18-15-23)35-28-19-16-24(2)22-27(28)34-26-10-5-6-11-29(26)36(33(3)20-7-4-8-21-33)31-13-9-12-30(35)32(31)34/h4-20,22H,21H2,1-3H3. The number of allylic oxidation sites excluding steroid dienone is 2. The molecule has 1 unspecified atom stereocenters. The van der Waals surface area contributed by atoms with Crippen molar-refractivity contribution in [2.45, 2.75) is 32.7 Å². The summed E-state index contributed by atoms with van der Waals surface area (Å²) < 4.78 is 0. The first kappa shape index (κ1) is 21.3. The summed E-state index contributed by atoms with van der Waals surface area (Å²) in [5.41, 5.74) is 13.0. The van der Waals surface area contributed by atoms with E-state index in [0.29, 0.717) is 0 Å². The molecule has 2 aliphatic heterocycles. The molecule has 0 spiro atoms. The number of anilines is 5. The molecule has 0 N–H and O–H groups in total. The Bertz CT molecular complexity index is 1570. The van der Waals surface area contributed by atoms with Crippen LogP contribution in [0, 0.1) is 13.8 Å². The molecule has 0 amide bonds. The summed E-state index contributed by atoms with van der Waals surface area (Å²) in [7, 11) is 0. The van der Waals surface area contributed by atoms with Gasteiger partial charge in [0, 0.05) is 28.4 Å². The van der Waals surface area contributed by atoms with E-state index >= 15 is 0 Å². The van der Waals surface area contributed by atoms with Crippen molar-refractivity contribution in [3.05, 3.63) is 120 Å². The van der Waals surface area contributed by atoms with Crippen LogP contribution in [0.25, 0.3) is 0 Å². The molecule has 3 aliphatic rings. The van der Waals surface area contributed by atoms with Gasteiger partial charge in [0.1, 0.15) is 0 Å². The molecule has 2 heterocycles. The Morgan fingerprint density at radius 1 is 0.694 bits per heavy atom. The third-order valence-electron chi connectivity index (χ3n) is 8.09. The van der Waals surface area contributed by atoms with E-state index in [1.807, 2.05) is 0 Å². The molecule has 36 heavy (non-hydrogen) atoms. The van der Waals surface area contributed by atoms with E-state index in [2.05, 4.69) is 140 Å². The van der Waals surface area contributed by atoms with Gasteiger partial charge in [0.2, 0.25) is 0 Å². The van der Waals surface area contributed by atoms with Crippen molar-refractivity contribution in [1.29, 1.82) is 0 Å². The number of para-hydroxylation sites is 1. The minimum Gasteiger partial charge on any atom is -0.333 e. The summed E-state index contributed by atoms with van der Waals surface area (Å²) in [6.07, 6.45) is 10.00. The van der Waals surface area contributed by atoms with Crippen molar-refractivity contribution in [1.82, 2.24) is 0 Å². The highest BCUT2D eigenvalue weighted by atomic mass is 15.2. The number of fused-ring (bicyclic) bond motifs is 4. The second-order valence-corrected chi connectivity index (χ2v) is 10.6. The minimum absolute atomic E-state index is 0.132. The lowest BCUT2D eigenvalue weighted by atomic mass is 9.33. The summed E-state index contributed by atoms with van der Waals surface area (Å²) in [4.78, 5) is 5.06. The van der Waals surface area contributed by atoms with E-state index in [9.17, 15) is 0 Å². The Kier molecular flexibility index (Phi) is 4.60. The lowest BCUT2D eigenvalue weighted by Gasteiger charge is -2.49. The molecule has 3 heteroatoms. The van der Waals surface area contributed by atoms with Gasteiger partial charge in [-0.15, -0.1) is 0 Å². The van der Waals surface area contributed by atoms with Crippen LogP contribution in [0.2, 0.25) is 0 Å². The topological polar surface area (TPSA) is 6.48 Å². The summed E-state index contributed by atoms with van der Waals surface area (Å²) in [5.74, 6) is 0. The molecule has 4 aromatic rings. The monoisotopic (exact) mass is 464 g/mol. The number of benzene rings is 4. The van der Waals surface area contributed by atoms with Gasteiger partial charge >= 0.3 is 0 Å². The zero-order valence-corrected chi connectivity index (χ0v) is 21.1. The van der Waals surface area contributed by atoms with E-state index in [0.717, 1.165) is 6.42 Å². The minimum atomic E-state index is -0.132. The fourth-order valence-corrected chi connectivity index (χ4v) is 6.41. The molecule has 1 aliphatic carbocycles. The van der Waals surface area contributed by atoms with Gasteiger partial charge in [0.25, 0.3) is 6.71 Å². The van der Waals surface area contributed by atoms with Gasteiger partial charge < -0.3 is 9.80 Å². The van der Waals surface area contributed by atoms with Gasteiger partial charge in [-0.05, 0) is 80.0 Å². The van der Waals surface area contributed by atoms with Crippen molar-refractivity contribution in [3.8, 4) is 0 Å². The molecular weight excluding hydrogens is 435 g/mol. The summed E-state index contributed by atoms with van der Waals surface area (Å²) in [6.45, 7) is 6.92. The Morgan fingerprint density at radius 3 is 2.25 bits per heavy atom. The number of hydrogen-bond donors (Lipinski definition) is 0. The van der Waals surface area contributed by atoms with Gasteiger partial charge in [-0.3, -0.25) is 0 Å². The van der Waals surface area contributed by atoms with Gasteiger partial charge in [0.15, 0.2) is 0 Å². The molecule has 174 valence electrons. The van der Waals surface area contributed by atoms with Crippen LogP contribution >= 0.6 is 0 Å². The van der Waals surface area contributed by atoms with Gasteiger partial charge in [-0.2, -0.15) is 0 Å². The van der Waals surface area contributed by atoms with Crippen LogP contribution in [-0.2, 0) is 0 Å². The molecule has 4 aromatic carbocycles. The molecule has 0 aromatic heterocycles. The van der Waals surface area contributed by atoms with Crippen LogP contribution in [0.1, 0.15) is 24.5 Å². The number of aryl methyl sites for hydroxylation is 2. The number of nitrogens with zero attached hydrogens (tertiary/aromatic N) is 2. The molecular formula is C33H29BN2. The Balaban J connectivity index is 1.56. The van der Waals surface area contributed by atoms with Crippen molar-refractivity contribution in [2.24, 2.45) is 0 Å².